The first-order valence-electron chi connectivity index (χ1n) is 12.1. The number of aromatic nitrogens is 2. The summed E-state index contributed by atoms with van der Waals surface area (Å²) in [6, 6.07) is 17.7. The van der Waals surface area contributed by atoms with Crippen molar-refractivity contribution in [3.63, 3.8) is 0 Å². The Morgan fingerprint density at radius 1 is 1.03 bits per heavy atom. The molecule has 3 aromatic rings. The van der Waals surface area contributed by atoms with E-state index >= 15 is 0 Å². The number of nitrogens with zero attached hydrogens (tertiary/aromatic N) is 5. The van der Waals surface area contributed by atoms with Crippen molar-refractivity contribution in [3.8, 4) is 0 Å². The van der Waals surface area contributed by atoms with Gasteiger partial charge < -0.3 is 20.2 Å². The number of halogens is 4. The Labute approximate surface area is 227 Å². The molecular weight excluding hydrogens is 537 g/mol. The van der Waals surface area contributed by atoms with Gasteiger partial charge in [-0.2, -0.15) is 13.2 Å². The van der Waals surface area contributed by atoms with E-state index in [1.165, 1.54) is 5.69 Å². The summed E-state index contributed by atoms with van der Waals surface area (Å²) in [6.07, 6.45) is -3.51. The van der Waals surface area contributed by atoms with Crippen LogP contribution in [0.25, 0.3) is 0 Å². The molecule has 2 aromatic carbocycles. The fourth-order valence-electron chi connectivity index (χ4n) is 4.31. The number of hydrogen-bond acceptors (Lipinski definition) is 7. The number of benzene rings is 2. The van der Waals surface area contributed by atoms with Crippen LogP contribution < -0.4 is 20.0 Å². The Bertz CT molecular complexity index is 1300. The number of para-hydroxylation sites is 1. The van der Waals surface area contributed by atoms with Gasteiger partial charge in [0.05, 0.1) is 6.54 Å². The van der Waals surface area contributed by atoms with Crippen molar-refractivity contribution in [3.05, 3.63) is 71.5 Å². The number of aliphatic carboxylic acids is 1. The van der Waals surface area contributed by atoms with Crippen molar-refractivity contribution >= 4 is 46.5 Å². The smallest absolute Gasteiger partial charge is 0.475 e. The summed E-state index contributed by atoms with van der Waals surface area (Å²) >= 11 is 6.05. The number of carbonyl (C=O) groups is 2. The summed E-state index contributed by atoms with van der Waals surface area (Å²) in [7, 11) is 0. The molecule has 13 heteroatoms. The molecular formula is C26H26ClF3N6O3. The Balaban J connectivity index is 0.000000448. The molecule has 1 aromatic heterocycles. The summed E-state index contributed by atoms with van der Waals surface area (Å²) < 4.78 is 31.7. The predicted molar refractivity (Wildman–Crippen MR) is 142 cm³/mol. The quantitative estimate of drug-likeness (QED) is 0.481. The van der Waals surface area contributed by atoms with Crippen LogP contribution in [0.4, 0.5) is 36.2 Å². The highest BCUT2D eigenvalue weighted by Crippen LogP contribution is 2.38. The van der Waals surface area contributed by atoms with Gasteiger partial charge in [-0.05, 0) is 36.8 Å². The second-order valence-corrected chi connectivity index (χ2v) is 9.36. The van der Waals surface area contributed by atoms with Gasteiger partial charge in [-0.3, -0.25) is 9.69 Å². The van der Waals surface area contributed by atoms with Crippen LogP contribution in [-0.4, -0.2) is 65.3 Å². The third-order valence-corrected chi connectivity index (χ3v) is 6.51. The lowest BCUT2D eigenvalue weighted by atomic mass is 10.1. The highest BCUT2D eigenvalue weighted by molar-refractivity contribution is 6.30. The van der Waals surface area contributed by atoms with E-state index in [0.29, 0.717) is 17.4 Å². The molecule has 0 radical (unpaired) electrons. The number of carboxylic acid groups (broad SMARTS) is 1. The third-order valence-electron chi connectivity index (χ3n) is 6.26. The van der Waals surface area contributed by atoms with Gasteiger partial charge >= 0.3 is 12.1 Å². The van der Waals surface area contributed by atoms with Gasteiger partial charge in [0.2, 0.25) is 5.91 Å². The fraction of sp³-hybridized carbons (Fsp3) is 0.308. The maximum atomic E-state index is 13.2. The fourth-order valence-corrected chi connectivity index (χ4v) is 4.44. The lowest BCUT2D eigenvalue weighted by molar-refractivity contribution is -0.192. The van der Waals surface area contributed by atoms with E-state index in [4.69, 9.17) is 21.5 Å². The zero-order valence-electron chi connectivity index (χ0n) is 20.9. The minimum Gasteiger partial charge on any atom is -0.475 e. The molecule has 2 N–H and O–H groups in total. The van der Waals surface area contributed by atoms with E-state index in [1.807, 2.05) is 37.3 Å². The standard InChI is InChI=1S/C24H25ClN6O.C2HF3O2/c1-17-24(32)31(15-18-7-9-19(25)10-8-18)21-22(28-17)26-16-27-23(21)30-13-11-29(12-14-30)20-5-3-2-4-6-20;3-2(4,5)1(6)7/h2-10,16-17H,11-15H2,1H3,(H,26,27,28);(H,6,7). The van der Waals surface area contributed by atoms with Gasteiger partial charge in [0, 0.05) is 36.9 Å². The van der Waals surface area contributed by atoms with Crippen molar-refractivity contribution in [2.75, 3.05) is 46.2 Å². The van der Waals surface area contributed by atoms with Gasteiger partial charge in [0.15, 0.2) is 11.6 Å². The van der Waals surface area contributed by atoms with Gasteiger partial charge in [-0.1, -0.05) is 41.9 Å². The summed E-state index contributed by atoms with van der Waals surface area (Å²) in [6.45, 7) is 5.71. The van der Waals surface area contributed by atoms with E-state index in [-0.39, 0.29) is 11.9 Å². The zero-order valence-corrected chi connectivity index (χ0v) is 21.7. The number of nitrogens with one attached hydrogen (secondary N) is 1. The topological polar surface area (TPSA) is 102 Å². The molecule has 39 heavy (non-hydrogen) atoms. The highest BCUT2D eigenvalue weighted by atomic mass is 35.5. The second-order valence-electron chi connectivity index (χ2n) is 8.92. The SMILES string of the molecule is CC1Nc2ncnc(N3CCN(c4ccccc4)CC3)c2N(Cc2ccc(Cl)cc2)C1=O.O=C(O)C(F)(F)F. The molecule has 9 nitrogen and oxygen atoms in total. The van der Waals surface area contributed by atoms with Crippen molar-refractivity contribution < 1.29 is 27.9 Å². The number of rotatable bonds is 4. The van der Waals surface area contributed by atoms with Crippen LogP contribution in [-0.2, 0) is 16.1 Å². The summed E-state index contributed by atoms with van der Waals surface area (Å²) in [5.41, 5.74) is 2.98. The summed E-state index contributed by atoms with van der Waals surface area (Å²) in [5.74, 6) is -1.26. The number of alkyl halides is 3. The molecule has 1 amide bonds. The van der Waals surface area contributed by atoms with Crippen LogP contribution in [0.3, 0.4) is 0 Å². The minimum atomic E-state index is -5.08. The molecule has 1 saturated heterocycles. The van der Waals surface area contributed by atoms with E-state index in [0.717, 1.165) is 43.2 Å². The molecule has 2 aliphatic heterocycles. The normalized spacial score (nSPS) is 17.1. The average molecular weight is 563 g/mol. The first-order valence-corrected chi connectivity index (χ1v) is 12.4. The number of amides is 1. The third kappa shape index (κ3) is 6.69. The lowest BCUT2D eigenvalue weighted by Gasteiger charge is -2.40. The van der Waals surface area contributed by atoms with E-state index in [2.05, 4.69) is 49.4 Å². The number of anilines is 4. The van der Waals surface area contributed by atoms with Gasteiger partial charge in [0.25, 0.3) is 0 Å². The van der Waals surface area contributed by atoms with Crippen LogP contribution in [0.15, 0.2) is 60.9 Å². The van der Waals surface area contributed by atoms with Crippen molar-refractivity contribution in [1.29, 1.82) is 0 Å². The second kappa shape index (κ2) is 11.8. The van der Waals surface area contributed by atoms with Crippen LogP contribution >= 0.6 is 11.6 Å². The van der Waals surface area contributed by atoms with Gasteiger partial charge in [-0.15, -0.1) is 0 Å². The molecule has 3 heterocycles. The van der Waals surface area contributed by atoms with E-state index < -0.39 is 12.1 Å². The maximum Gasteiger partial charge on any atom is 0.490 e. The molecule has 1 unspecified atom stereocenters. The molecule has 0 aliphatic carbocycles. The number of carboxylic acids is 1. The van der Waals surface area contributed by atoms with E-state index in [9.17, 15) is 18.0 Å². The Kier molecular flexibility index (Phi) is 8.44. The molecule has 0 saturated carbocycles. The summed E-state index contributed by atoms with van der Waals surface area (Å²) in [5, 5.41) is 11.0. The predicted octanol–water partition coefficient (Wildman–Crippen LogP) is 4.44. The first kappa shape index (κ1) is 28.0. The first-order chi connectivity index (χ1) is 18.5. The monoisotopic (exact) mass is 562 g/mol. The van der Waals surface area contributed by atoms with Crippen LogP contribution in [0, 0.1) is 0 Å². The molecule has 0 bridgehead atoms. The highest BCUT2D eigenvalue weighted by Gasteiger charge is 2.38. The molecule has 206 valence electrons. The Morgan fingerprint density at radius 3 is 2.21 bits per heavy atom. The number of hydrogen-bond donors (Lipinski definition) is 2. The number of fused-ring (bicyclic) bond motifs is 1. The average Bonchev–Trinajstić information content (AvgIpc) is 2.92. The minimum absolute atomic E-state index is 0.00595. The maximum absolute atomic E-state index is 13.2. The van der Waals surface area contributed by atoms with Crippen LogP contribution in [0.2, 0.25) is 5.02 Å². The number of carbonyl (C=O) groups excluding carboxylic acids is 1. The molecule has 5 rings (SSSR count). The lowest BCUT2D eigenvalue weighted by Crippen LogP contribution is -2.49. The van der Waals surface area contributed by atoms with Gasteiger partial charge in [-0.25, -0.2) is 14.8 Å². The molecule has 1 fully saturated rings. The van der Waals surface area contributed by atoms with Crippen molar-refractivity contribution in [1.82, 2.24) is 9.97 Å². The van der Waals surface area contributed by atoms with Gasteiger partial charge in [0.1, 0.15) is 18.1 Å². The Hall–Kier alpha value is -4.06. The van der Waals surface area contributed by atoms with E-state index in [1.54, 1.807) is 11.2 Å². The zero-order chi connectivity index (χ0) is 28.2. The summed E-state index contributed by atoms with van der Waals surface area (Å²) in [4.78, 5) is 37.6. The molecule has 1 atom stereocenters. The largest absolute Gasteiger partial charge is 0.490 e. The molecule has 0 spiro atoms. The van der Waals surface area contributed by atoms with Crippen molar-refractivity contribution in [2.45, 2.75) is 25.7 Å². The Morgan fingerprint density at radius 2 is 1.62 bits per heavy atom. The molecule has 2 aliphatic rings. The number of piperazine rings is 1. The van der Waals surface area contributed by atoms with Crippen LogP contribution in [0.1, 0.15) is 12.5 Å². The van der Waals surface area contributed by atoms with Crippen molar-refractivity contribution in [2.24, 2.45) is 0 Å². The van der Waals surface area contributed by atoms with Crippen LogP contribution in [0.5, 0.6) is 0 Å².